The lowest BCUT2D eigenvalue weighted by Crippen LogP contribution is -2.38. The van der Waals surface area contributed by atoms with E-state index in [4.69, 9.17) is 14.2 Å². The minimum atomic E-state index is -0.652. The number of hydrogen-bond donors (Lipinski definition) is 3. The number of nitrogens with zero attached hydrogens (tertiary/aromatic N) is 4. The summed E-state index contributed by atoms with van der Waals surface area (Å²) < 4.78 is 14.3. The molecule has 0 unspecified atom stereocenters. The summed E-state index contributed by atoms with van der Waals surface area (Å²) in [7, 11) is 0. The summed E-state index contributed by atoms with van der Waals surface area (Å²) in [5, 5.41) is 12.0. The van der Waals surface area contributed by atoms with Gasteiger partial charge in [0.15, 0.2) is 0 Å². The van der Waals surface area contributed by atoms with Crippen LogP contribution >= 0.6 is 0 Å². The van der Waals surface area contributed by atoms with Crippen LogP contribution in [-0.2, 0) is 14.2 Å². The molecule has 0 aromatic heterocycles. The highest BCUT2D eigenvalue weighted by atomic mass is 16.6. The van der Waals surface area contributed by atoms with Gasteiger partial charge < -0.3 is 14.2 Å². The Bertz CT molecular complexity index is 588. The highest BCUT2D eigenvalue weighted by molar-refractivity contribution is 5.90. The summed E-state index contributed by atoms with van der Waals surface area (Å²) in [6.07, 6.45) is -1.96. The number of hydrogen-bond acceptors (Lipinski definition) is 10. The van der Waals surface area contributed by atoms with Gasteiger partial charge in [-0.05, 0) is 41.5 Å². The fourth-order valence-corrected chi connectivity index (χ4v) is 2.16. The van der Waals surface area contributed by atoms with E-state index in [-0.39, 0.29) is 19.8 Å². The molecule has 3 N–H and O–H groups in total. The Morgan fingerprint density at radius 1 is 0.613 bits per heavy atom. The van der Waals surface area contributed by atoms with Gasteiger partial charge in [0, 0.05) is 36.8 Å². The van der Waals surface area contributed by atoms with Gasteiger partial charge in [0.25, 0.3) is 0 Å². The minimum absolute atomic E-state index is 0.235. The first kappa shape index (κ1) is 27.8. The highest BCUT2D eigenvalue weighted by Crippen LogP contribution is 1.95. The van der Waals surface area contributed by atoms with Crippen molar-refractivity contribution in [1.82, 2.24) is 21.2 Å². The van der Waals surface area contributed by atoms with Gasteiger partial charge in [0.05, 0.1) is 19.8 Å². The molecule has 0 aliphatic heterocycles. The maximum atomic E-state index is 11.4. The summed E-state index contributed by atoms with van der Waals surface area (Å²) in [6, 6.07) is 0. The van der Waals surface area contributed by atoms with Crippen molar-refractivity contribution in [2.24, 2.45) is 15.3 Å². The first-order valence-corrected chi connectivity index (χ1v) is 9.81. The predicted molar refractivity (Wildman–Crippen MR) is 116 cm³/mol. The lowest BCUT2D eigenvalue weighted by molar-refractivity contribution is 0.151. The van der Waals surface area contributed by atoms with Crippen LogP contribution in [0, 0.1) is 0 Å². The number of amides is 3. The van der Waals surface area contributed by atoms with E-state index in [0.29, 0.717) is 36.8 Å². The van der Waals surface area contributed by atoms with Gasteiger partial charge in [0.1, 0.15) is 0 Å². The lowest BCUT2D eigenvalue weighted by atomic mass is 10.3. The number of ether oxygens (including phenoxy) is 3. The molecule has 0 atom stereocenters. The molecular weight excluding hydrogens is 410 g/mol. The van der Waals surface area contributed by atoms with Crippen molar-refractivity contribution in [2.45, 2.75) is 41.5 Å². The van der Waals surface area contributed by atoms with Crippen LogP contribution in [0.4, 0.5) is 14.4 Å². The predicted octanol–water partition coefficient (Wildman–Crippen LogP) is 1.65. The van der Waals surface area contributed by atoms with Crippen LogP contribution in [0.1, 0.15) is 41.5 Å². The van der Waals surface area contributed by atoms with Crippen molar-refractivity contribution in [3.8, 4) is 0 Å². The molecule has 13 nitrogen and oxygen atoms in total. The Balaban J connectivity index is 5.14. The number of carbonyl (C=O) groups excluding carboxylic acids is 3. The standard InChI is InChI=1S/C18H33N7O6/c1-7-29-16(26)22-19-13(4)10-25(11-14(5)20-23-17(27)30-8-2)12-15(6)21-24-18(28)31-9-3/h7-12H2,1-6H3,(H,22,26)(H,23,27)(H,24,28)/b19-13-,20-14-,21-15+. The van der Waals surface area contributed by atoms with Crippen LogP contribution in [0.5, 0.6) is 0 Å². The van der Waals surface area contributed by atoms with E-state index < -0.39 is 18.3 Å². The van der Waals surface area contributed by atoms with Gasteiger partial charge >= 0.3 is 18.3 Å². The molecule has 3 amide bonds. The minimum Gasteiger partial charge on any atom is -0.449 e. The van der Waals surface area contributed by atoms with Crippen molar-refractivity contribution >= 4 is 35.4 Å². The second kappa shape index (κ2) is 16.6. The Kier molecular flexibility index (Phi) is 14.8. The first-order chi connectivity index (χ1) is 14.7. The second-order valence-corrected chi connectivity index (χ2v) is 6.18. The number of hydrazone groups is 3. The molecule has 0 bridgehead atoms. The van der Waals surface area contributed by atoms with Gasteiger partial charge in [0.2, 0.25) is 0 Å². The summed E-state index contributed by atoms with van der Waals surface area (Å²) in [6.45, 7) is 12.0. The van der Waals surface area contributed by atoms with E-state index in [1.54, 1.807) is 41.5 Å². The average Bonchev–Trinajstić information content (AvgIpc) is 2.70. The van der Waals surface area contributed by atoms with E-state index in [9.17, 15) is 14.4 Å². The lowest BCUT2D eigenvalue weighted by Gasteiger charge is -2.22. The van der Waals surface area contributed by atoms with Gasteiger partial charge in [-0.25, -0.2) is 30.7 Å². The zero-order valence-corrected chi connectivity index (χ0v) is 19.0. The van der Waals surface area contributed by atoms with Crippen molar-refractivity contribution in [2.75, 3.05) is 39.5 Å². The Hall–Kier alpha value is -3.22. The monoisotopic (exact) mass is 443 g/mol. The van der Waals surface area contributed by atoms with Gasteiger partial charge in [-0.1, -0.05) is 0 Å². The van der Waals surface area contributed by atoms with Crippen LogP contribution in [0.25, 0.3) is 0 Å². The molecule has 0 heterocycles. The number of nitrogens with one attached hydrogen (secondary N) is 3. The molecule has 0 aliphatic carbocycles. The van der Waals surface area contributed by atoms with E-state index in [0.717, 1.165) is 0 Å². The maximum Gasteiger partial charge on any atom is 0.427 e. The highest BCUT2D eigenvalue weighted by Gasteiger charge is 2.12. The third-order valence-electron chi connectivity index (χ3n) is 3.20. The summed E-state index contributed by atoms with van der Waals surface area (Å²) >= 11 is 0. The zero-order valence-electron chi connectivity index (χ0n) is 19.0. The van der Waals surface area contributed by atoms with E-state index in [1.807, 2.05) is 4.90 Å². The fraction of sp³-hybridized carbons (Fsp3) is 0.667. The second-order valence-electron chi connectivity index (χ2n) is 6.18. The molecule has 0 spiro atoms. The third-order valence-corrected chi connectivity index (χ3v) is 3.20. The molecular formula is C18H33N7O6. The van der Waals surface area contributed by atoms with Crippen LogP contribution in [0.3, 0.4) is 0 Å². The topological polar surface area (TPSA) is 155 Å². The van der Waals surface area contributed by atoms with Crippen LogP contribution < -0.4 is 16.3 Å². The number of rotatable bonds is 12. The molecule has 0 radical (unpaired) electrons. The Labute approximate surface area is 182 Å². The Morgan fingerprint density at radius 2 is 0.871 bits per heavy atom. The third kappa shape index (κ3) is 15.3. The van der Waals surface area contributed by atoms with E-state index >= 15 is 0 Å². The largest absolute Gasteiger partial charge is 0.449 e. The van der Waals surface area contributed by atoms with Crippen LogP contribution in [0.15, 0.2) is 15.3 Å². The summed E-state index contributed by atoms with van der Waals surface area (Å²) in [4.78, 5) is 36.1. The van der Waals surface area contributed by atoms with Crippen LogP contribution in [-0.4, -0.2) is 79.8 Å². The molecule has 0 rings (SSSR count). The summed E-state index contributed by atoms with van der Waals surface area (Å²) in [5.41, 5.74) is 8.65. The Morgan fingerprint density at radius 3 is 1.10 bits per heavy atom. The fourth-order valence-electron chi connectivity index (χ4n) is 2.16. The molecule has 176 valence electrons. The molecule has 13 heteroatoms. The van der Waals surface area contributed by atoms with Gasteiger partial charge in [-0.15, -0.1) is 0 Å². The molecule has 0 aromatic rings. The van der Waals surface area contributed by atoms with Gasteiger partial charge in [-0.3, -0.25) is 4.90 Å². The molecule has 0 saturated carbocycles. The zero-order chi connectivity index (χ0) is 23.6. The van der Waals surface area contributed by atoms with Crippen molar-refractivity contribution < 1.29 is 28.6 Å². The summed E-state index contributed by atoms with van der Waals surface area (Å²) in [5.74, 6) is 0. The molecule has 0 saturated heterocycles. The van der Waals surface area contributed by atoms with Crippen molar-refractivity contribution in [1.29, 1.82) is 0 Å². The SMILES string of the molecule is CCOC(=O)N/N=C(/C)CN(C/C(C)=N\NC(=O)OCC)C/C(C)=N/NC(=O)OCC. The normalized spacial score (nSPS) is 12.3. The van der Waals surface area contributed by atoms with Gasteiger partial charge in [-0.2, -0.15) is 15.3 Å². The smallest absolute Gasteiger partial charge is 0.427 e. The molecule has 0 aliphatic rings. The number of carbonyl (C=O) groups is 3. The average molecular weight is 444 g/mol. The van der Waals surface area contributed by atoms with E-state index in [1.165, 1.54) is 0 Å². The molecule has 0 fully saturated rings. The maximum absolute atomic E-state index is 11.4. The van der Waals surface area contributed by atoms with Crippen molar-refractivity contribution in [3.63, 3.8) is 0 Å². The quantitative estimate of drug-likeness (QED) is 0.235. The van der Waals surface area contributed by atoms with Crippen molar-refractivity contribution in [3.05, 3.63) is 0 Å². The molecule has 0 aromatic carbocycles. The first-order valence-electron chi connectivity index (χ1n) is 9.81. The van der Waals surface area contributed by atoms with E-state index in [2.05, 4.69) is 31.6 Å². The van der Waals surface area contributed by atoms with Crippen LogP contribution in [0.2, 0.25) is 0 Å². The molecule has 31 heavy (non-hydrogen) atoms.